The number of H-pyrrole nitrogens is 1. The van der Waals surface area contributed by atoms with Crippen LogP contribution in [0.15, 0.2) is 24.5 Å². The Morgan fingerprint density at radius 2 is 2.12 bits per heavy atom. The summed E-state index contributed by atoms with van der Waals surface area (Å²) in [4.78, 5) is 22.6. The molecule has 1 saturated heterocycles. The minimum absolute atomic E-state index is 0.0813. The monoisotopic (exact) mass is 325 g/mol. The molecular formula is C19H23N3O2. The molecule has 1 aliphatic heterocycles. The molecular weight excluding hydrogens is 302 g/mol. The molecule has 24 heavy (non-hydrogen) atoms. The predicted octanol–water partition coefficient (Wildman–Crippen LogP) is 2.93. The van der Waals surface area contributed by atoms with Crippen molar-refractivity contribution in [3.63, 3.8) is 0 Å². The number of fused-ring (bicyclic) bond motifs is 1. The van der Waals surface area contributed by atoms with Crippen LogP contribution in [0, 0.1) is 0 Å². The average Bonchev–Trinajstić information content (AvgIpc) is 3.31. The number of methoxy groups -OCH3 is 1. The summed E-state index contributed by atoms with van der Waals surface area (Å²) in [6, 6.07) is 4.11. The van der Waals surface area contributed by atoms with E-state index in [4.69, 9.17) is 4.74 Å². The number of benzene rings is 1. The summed E-state index contributed by atoms with van der Waals surface area (Å²) in [5.74, 6) is 2.06. The SMILES string of the molecule is COc1cc2c(cc1C(=O)N1CCC[C@H](c3ncc[nH]3)C1)CCC2. The van der Waals surface area contributed by atoms with Crippen LogP contribution < -0.4 is 4.74 Å². The van der Waals surface area contributed by atoms with Crippen LogP contribution in [0.4, 0.5) is 0 Å². The molecule has 5 nitrogen and oxygen atoms in total. The van der Waals surface area contributed by atoms with Gasteiger partial charge in [0.15, 0.2) is 0 Å². The number of hydrogen-bond donors (Lipinski definition) is 1. The minimum Gasteiger partial charge on any atom is -0.496 e. The van der Waals surface area contributed by atoms with E-state index in [0.29, 0.717) is 17.9 Å². The third-order valence-electron chi connectivity index (χ3n) is 5.26. The molecule has 0 radical (unpaired) electrons. The fourth-order valence-electron chi connectivity index (χ4n) is 3.99. The second kappa shape index (κ2) is 6.30. The van der Waals surface area contributed by atoms with Crippen molar-refractivity contribution in [3.05, 3.63) is 47.0 Å². The first-order valence-electron chi connectivity index (χ1n) is 8.74. The minimum atomic E-state index is 0.0813. The number of rotatable bonds is 3. The van der Waals surface area contributed by atoms with Gasteiger partial charge in [0.1, 0.15) is 11.6 Å². The summed E-state index contributed by atoms with van der Waals surface area (Å²) in [6.45, 7) is 1.52. The van der Waals surface area contributed by atoms with Gasteiger partial charge in [0.05, 0.1) is 12.7 Å². The van der Waals surface area contributed by atoms with Crippen LogP contribution in [0.1, 0.15) is 52.5 Å². The normalized spacial score (nSPS) is 20.0. The number of carbonyl (C=O) groups excluding carboxylic acids is 1. The summed E-state index contributed by atoms with van der Waals surface area (Å²) < 4.78 is 5.52. The standard InChI is InChI=1S/C19H23N3O2/c1-24-17-11-14-5-2-4-13(14)10-16(17)19(23)22-9-3-6-15(12-22)18-20-7-8-21-18/h7-8,10-11,15H,2-6,9,12H2,1H3,(H,20,21)/t15-/m0/s1. The van der Waals surface area contributed by atoms with Crippen molar-refractivity contribution in [2.75, 3.05) is 20.2 Å². The van der Waals surface area contributed by atoms with E-state index in [0.717, 1.165) is 38.1 Å². The van der Waals surface area contributed by atoms with Crippen molar-refractivity contribution >= 4 is 5.91 Å². The molecule has 1 aliphatic carbocycles. The van der Waals surface area contributed by atoms with Gasteiger partial charge in [0.25, 0.3) is 5.91 Å². The summed E-state index contributed by atoms with van der Waals surface area (Å²) >= 11 is 0. The number of aryl methyl sites for hydroxylation is 2. The Kier molecular flexibility index (Phi) is 4.00. The number of hydrogen-bond acceptors (Lipinski definition) is 3. The number of amides is 1. The highest BCUT2D eigenvalue weighted by Gasteiger charge is 2.29. The van der Waals surface area contributed by atoms with Gasteiger partial charge in [-0.1, -0.05) is 0 Å². The summed E-state index contributed by atoms with van der Waals surface area (Å²) in [6.07, 6.45) is 9.02. The van der Waals surface area contributed by atoms with Crippen molar-refractivity contribution in [1.29, 1.82) is 0 Å². The van der Waals surface area contributed by atoms with Crippen LogP contribution in [0.5, 0.6) is 5.75 Å². The van der Waals surface area contributed by atoms with Crippen LogP contribution in [-0.4, -0.2) is 41.0 Å². The third kappa shape index (κ3) is 2.68. The highest BCUT2D eigenvalue weighted by Crippen LogP contribution is 2.32. The lowest BCUT2D eigenvalue weighted by Gasteiger charge is -2.32. The maximum Gasteiger partial charge on any atom is 0.257 e. The summed E-state index contributed by atoms with van der Waals surface area (Å²) in [7, 11) is 1.65. The molecule has 1 N–H and O–H groups in total. The zero-order valence-electron chi connectivity index (χ0n) is 14.0. The molecule has 0 saturated carbocycles. The zero-order valence-corrected chi connectivity index (χ0v) is 14.0. The number of nitrogens with zero attached hydrogens (tertiary/aromatic N) is 2. The lowest BCUT2D eigenvalue weighted by molar-refractivity contribution is 0.0701. The number of likely N-dealkylation sites (tertiary alicyclic amines) is 1. The van der Waals surface area contributed by atoms with Crippen molar-refractivity contribution in [3.8, 4) is 5.75 Å². The van der Waals surface area contributed by atoms with Gasteiger partial charge in [-0.2, -0.15) is 0 Å². The van der Waals surface area contributed by atoms with Crippen molar-refractivity contribution < 1.29 is 9.53 Å². The first kappa shape index (κ1) is 15.2. The number of carbonyl (C=O) groups is 1. The smallest absolute Gasteiger partial charge is 0.257 e. The first-order chi connectivity index (χ1) is 11.8. The molecule has 1 aromatic carbocycles. The molecule has 1 aromatic heterocycles. The van der Waals surface area contributed by atoms with Gasteiger partial charge < -0.3 is 14.6 Å². The van der Waals surface area contributed by atoms with E-state index in [1.807, 2.05) is 11.1 Å². The Balaban J connectivity index is 1.59. The Labute approximate surface area is 142 Å². The molecule has 1 amide bonds. The maximum absolute atomic E-state index is 13.1. The van der Waals surface area contributed by atoms with Crippen LogP contribution >= 0.6 is 0 Å². The second-order valence-corrected chi connectivity index (χ2v) is 6.74. The molecule has 2 aromatic rings. The molecule has 4 rings (SSSR count). The highest BCUT2D eigenvalue weighted by molar-refractivity contribution is 5.97. The maximum atomic E-state index is 13.1. The van der Waals surface area contributed by atoms with E-state index in [2.05, 4.69) is 22.1 Å². The molecule has 0 unspecified atom stereocenters. The lowest BCUT2D eigenvalue weighted by atomic mass is 9.96. The number of piperidine rings is 1. The first-order valence-corrected chi connectivity index (χ1v) is 8.74. The molecule has 0 spiro atoms. The van der Waals surface area contributed by atoms with Crippen LogP contribution in [-0.2, 0) is 12.8 Å². The van der Waals surface area contributed by atoms with E-state index in [9.17, 15) is 4.79 Å². The number of nitrogens with one attached hydrogen (secondary N) is 1. The lowest BCUT2D eigenvalue weighted by Crippen LogP contribution is -2.39. The fraction of sp³-hybridized carbons (Fsp3) is 0.474. The van der Waals surface area contributed by atoms with E-state index < -0.39 is 0 Å². The topological polar surface area (TPSA) is 58.2 Å². The van der Waals surface area contributed by atoms with E-state index in [1.165, 1.54) is 17.5 Å². The third-order valence-corrected chi connectivity index (χ3v) is 5.26. The van der Waals surface area contributed by atoms with Crippen LogP contribution in [0.2, 0.25) is 0 Å². The fourth-order valence-corrected chi connectivity index (χ4v) is 3.99. The molecule has 126 valence electrons. The van der Waals surface area contributed by atoms with Crippen molar-refractivity contribution in [1.82, 2.24) is 14.9 Å². The second-order valence-electron chi connectivity index (χ2n) is 6.74. The number of ether oxygens (including phenoxy) is 1. The molecule has 1 fully saturated rings. The van der Waals surface area contributed by atoms with Gasteiger partial charge in [-0.15, -0.1) is 0 Å². The van der Waals surface area contributed by atoms with Gasteiger partial charge in [0.2, 0.25) is 0 Å². The summed E-state index contributed by atoms with van der Waals surface area (Å²) in [5, 5.41) is 0. The van der Waals surface area contributed by atoms with E-state index in [1.54, 1.807) is 13.3 Å². The average molecular weight is 325 g/mol. The van der Waals surface area contributed by atoms with Gasteiger partial charge in [-0.05, 0) is 55.4 Å². The van der Waals surface area contributed by atoms with Crippen LogP contribution in [0.25, 0.3) is 0 Å². The summed E-state index contributed by atoms with van der Waals surface area (Å²) in [5.41, 5.74) is 3.34. The quantitative estimate of drug-likeness (QED) is 0.944. The molecule has 2 heterocycles. The predicted molar refractivity (Wildman–Crippen MR) is 91.5 cm³/mol. The Morgan fingerprint density at radius 3 is 2.88 bits per heavy atom. The molecule has 0 bridgehead atoms. The highest BCUT2D eigenvalue weighted by atomic mass is 16.5. The zero-order chi connectivity index (χ0) is 16.5. The molecule has 5 heteroatoms. The Bertz CT molecular complexity index is 739. The van der Waals surface area contributed by atoms with Gasteiger partial charge in [0, 0.05) is 31.4 Å². The van der Waals surface area contributed by atoms with E-state index >= 15 is 0 Å². The number of aromatic amines is 1. The van der Waals surface area contributed by atoms with Crippen molar-refractivity contribution in [2.45, 2.75) is 38.0 Å². The van der Waals surface area contributed by atoms with Gasteiger partial charge in [-0.25, -0.2) is 4.98 Å². The number of aromatic nitrogens is 2. The van der Waals surface area contributed by atoms with Crippen molar-refractivity contribution in [2.24, 2.45) is 0 Å². The Hall–Kier alpha value is -2.30. The van der Waals surface area contributed by atoms with Crippen LogP contribution in [0.3, 0.4) is 0 Å². The largest absolute Gasteiger partial charge is 0.496 e. The number of imidazole rings is 1. The Morgan fingerprint density at radius 1 is 1.29 bits per heavy atom. The molecule has 1 atom stereocenters. The van der Waals surface area contributed by atoms with E-state index in [-0.39, 0.29) is 11.8 Å². The van der Waals surface area contributed by atoms with Gasteiger partial charge in [-0.3, -0.25) is 4.79 Å². The molecule has 2 aliphatic rings. The van der Waals surface area contributed by atoms with Gasteiger partial charge >= 0.3 is 0 Å².